The van der Waals surface area contributed by atoms with Crippen LogP contribution >= 0.6 is 0 Å². The molecule has 5 heteroatoms. The second-order valence-electron chi connectivity index (χ2n) is 7.26. The fraction of sp³-hybridized carbons (Fsp3) is 0.588. The van der Waals surface area contributed by atoms with Gasteiger partial charge in [0.15, 0.2) is 9.84 Å². The Bertz CT molecular complexity index is 638. The second kappa shape index (κ2) is 6.41. The summed E-state index contributed by atoms with van der Waals surface area (Å²) < 4.78 is 25.2. The highest BCUT2D eigenvalue weighted by atomic mass is 32.2. The number of carbonyl (C=O) groups excluding carboxylic acids is 1. The Morgan fingerprint density at radius 3 is 2.45 bits per heavy atom. The van der Waals surface area contributed by atoms with Gasteiger partial charge in [-0.2, -0.15) is 0 Å². The molecule has 0 aromatic heterocycles. The lowest BCUT2D eigenvalue weighted by Gasteiger charge is -2.17. The zero-order valence-corrected chi connectivity index (χ0v) is 14.4. The van der Waals surface area contributed by atoms with Crippen molar-refractivity contribution in [2.24, 2.45) is 5.41 Å². The molecule has 1 amide bonds. The van der Waals surface area contributed by atoms with E-state index in [1.54, 1.807) is 24.3 Å². The Kier molecular flexibility index (Phi) is 4.95. The predicted molar refractivity (Wildman–Crippen MR) is 88.6 cm³/mol. The van der Waals surface area contributed by atoms with E-state index in [0.29, 0.717) is 17.0 Å². The van der Waals surface area contributed by atoms with Gasteiger partial charge in [0, 0.05) is 12.1 Å². The number of hydrogen-bond donors (Lipinski definition) is 1. The quantitative estimate of drug-likeness (QED) is 0.917. The van der Waals surface area contributed by atoms with E-state index in [-0.39, 0.29) is 16.6 Å². The molecule has 1 fully saturated rings. The van der Waals surface area contributed by atoms with Crippen LogP contribution in [-0.2, 0) is 14.6 Å². The highest BCUT2D eigenvalue weighted by Crippen LogP contribution is 2.30. The third kappa shape index (κ3) is 4.32. The van der Waals surface area contributed by atoms with Gasteiger partial charge in [0.05, 0.1) is 10.1 Å². The number of benzene rings is 1. The summed E-state index contributed by atoms with van der Waals surface area (Å²) in [7, 11) is -3.28. The Morgan fingerprint density at radius 2 is 1.86 bits per heavy atom. The van der Waals surface area contributed by atoms with E-state index in [9.17, 15) is 13.2 Å². The standard InChI is InChI=1S/C17H25NO3S/c1-17(2,3)12-16(19)18-13-7-6-10-15(11-13)22(20,21)14-8-4-5-9-14/h6-7,10-11,14H,4-5,8-9,12H2,1-3H3,(H,18,19). The smallest absolute Gasteiger partial charge is 0.224 e. The van der Waals surface area contributed by atoms with E-state index in [4.69, 9.17) is 0 Å². The molecule has 0 unspecified atom stereocenters. The molecule has 0 saturated heterocycles. The molecule has 0 atom stereocenters. The summed E-state index contributed by atoms with van der Waals surface area (Å²) in [5.41, 5.74) is 0.450. The third-order valence-electron chi connectivity index (χ3n) is 3.88. The van der Waals surface area contributed by atoms with E-state index < -0.39 is 9.84 Å². The summed E-state index contributed by atoms with van der Waals surface area (Å²) in [5.74, 6) is -0.0945. The molecular weight excluding hydrogens is 298 g/mol. The van der Waals surface area contributed by atoms with Crippen LogP contribution in [0.15, 0.2) is 29.2 Å². The molecule has 0 heterocycles. The molecule has 0 bridgehead atoms. The van der Waals surface area contributed by atoms with Gasteiger partial charge in [0.2, 0.25) is 5.91 Å². The number of hydrogen-bond acceptors (Lipinski definition) is 3. The van der Waals surface area contributed by atoms with Gasteiger partial charge in [-0.25, -0.2) is 8.42 Å². The zero-order chi connectivity index (χ0) is 16.4. The van der Waals surface area contributed by atoms with Gasteiger partial charge in [0.1, 0.15) is 0 Å². The predicted octanol–water partition coefficient (Wildman–Crippen LogP) is 3.78. The summed E-state index contributed by atoms with van der Waals surface area (Å²) in [4.78, 5) is 12.3. The van der Waals surface area contributed by atoms with Crippen LogP contribution in [-0.4, -0.2) is 19.6 Å². The maximum absolute atomic E-state index is 12.6. The van der Waals surface area contributed by atoms with Crippen molar-refractivity contribution < 1.29 is 13.2 Å². The van der Waals surface area contributed by atoms with Gasteiger partial charge < -0.3 is 5.32 Å². The zero-order valence-electron chi connectivity index (χ0n) is 13.6. The molecule has 22 heavy (non-hydrogen) atoms. The van der Waals surface area contributed by atoms with Crippen molar-refractivity contribution in [2.75, 3.05) is 5.32 Å². The van der Waals surface area contributed by atoms with E-state index in [1.165, 1.54) is 0 Å². The van der Waals surface area contributed by atoms with Gasteiger partial charge in [-0.3, -0.25) is 4.79 Å². The Labute approximate surface area is 133 Å². The number of amides is 1. The summed E-state index contributed by atoms with van der Waals surface area (Å²) in [6.45, 7) is 5.98. The van der Waals surface area contributed by atoms with Gasteiger partial charge in [-0.05, 0) is 36.5 Å². The van der Waals surface area contributed by atoms with Crippen molar-refractivity contribution in [1.29, 1.82) is 0 Å². The third-order valence-corrected chi connectivity index (χ3v) is 6.14. The average Bonchev–Trinajstić information content (AvgIpc) is 2.91. The minimum Gasteiger partial charge on any atom is -0.326 e. The number of anilines is 1. The van der Waals surface area contributed by atoms with Crippen molar-refractivity contribution >= 4 is 21.4 Å². The molecule has 1 saturated carbocycles. The number of nitrogens with one attached hydrogen (secondary N) is 1. The van der Waals surface area contributed by atoms with E-state index >= 15 is 0 Å². The van der Waals surface area contributed by atoms with E-state index in [0.717, 1.165) is 25.7 Å². The van der Waals surface area contributed by atoms with Crippen LogP contribution in [0.1, 0.15) is 52.9 Å². The lowest BCUT2D eigenvalue weighted by Crippen LogP contribution is -2.20. The van der Waals surface area contributed by atoms with Crippen molar-refractivity contribution in [3.8, 4) is 0 Å². The number of rotatable bonds is 4. The highest BCUT2D eigenvalue weighted by Gasteiger charge is 2.30. The molecule has 1 aromatic rings. The van der Waals surface area contributed by atoms with Crippen LogP contribution in [0.3, 0.4) is 0 Å². The van der Waals surface area contributed by atoms with Gasteiger partial charge in [-0.1, -0.05) is 39.7 Å². The maximum atomic E-state index is 12.6. The fourth-order valence-electron chi connectivity index (χ4n) is 2.83. The molecule has 2 rings (SSSR count). The molecule has 4 nitrogen and oxygen atoms in total. The van der Waals surface area contributed by atoms with Crippen LogP contribution < -0.4 is 5.32 Å². The van der Waals surface area contributed by atoms with Crippen LogP contribution in [0.5, 0.6) is 0 Å². The van der Waals surface area contributed by atoms with E-state index in [2.05, 4.69) is 5.32 Å². The first-order chi connectivity index (χ1) is 10.2. The molecule has 1 aliphatic carbocycles. The fourth-order valence-corrected chi connectivity index (χ4v) is 4.73. The SMILES string of the molecule is CC(C)(C)CC(=O)Nc1cccc(S(=O)(=O)C2CCCC2)c1. The lowest BCUT2D eigenvalue weighted by atomic mass is 9.92. The normalized spacial score (nSPS) is 16.7. The number of carbonyl (C=O) groups is 1. The average molecular weight is 323 g/mol. The topological polar surface area (TPSA) is 63.2 Å². The molecule has 0 spiro atoms. The van der Waals surface area contributed by atoms with Crippen molar-refractivity contribution in [3.63, 3.8) is 0 Å². The molecule has 0 radical (unpaired) electrons. The number of sulfone groups is 1. The summed E-state index contributed by atoms with van der Waals surface area (Å²) in [6, 6.07) is 6.62. The highest BCUT2D eigenvalue weighted by molar-refractivity contribution is 7.92. The van der Waals surface area contributed by atoms with Crippen LogP contribution in [0, 0.1) is 5.41 Å². The maximum Gasteiger partial charge on any atom is 0.224 e. The van der Waals surface area contributed by atoms with Crippen molar-refractivity contribution in [2.45, 2.75) is 63.0 Å². The Morgan fingerprint density at radius 1 is 1.23 bits per heavy atom. The van der Waals surface area contributed by atoms with Gasteiger partial charge in [-0.15, -0.1) is 0 Å². The van der Waals surface area contributed by atoms with Gasteiger partial charge >= 0.3 is 0 Å². The van der Waals surface area contributed by atoms with Gasteiger partial charge in [0.25, 0.3) is 0 Å². The second-order valence-corrected chi connectivity index (χ2v) is 9.49. The molecule has 1 aromatic carbocycles. The Hall–Kier alpha value is -1.36. The molecule has 1 N–H and O–H groups in total. The molecule has 0 aliphatic heterocycles. The summed E-state index contributed by atoms with van der Waals surface area (Å²) in [5, 5.41) is 2.53. The largest absolute Gasteiger partial charge is 0.326 e. The minimum absolute atomic E-state index is 0.0945. The summed E-state index contributed by atoms with van der Waals surface area (Å²) in [6.07, 6.45) is 3.83. The van der Waals surface area contributed by atoms with Crippen molar-refractivity contribution in [1.82, 2.24) is 0 Å². The lowest BCUT2D eigenvalue weighted by molar-refractivity contribution is -0.117. The first-order valence-electron chi connectivity index (χ1n) is 7.82. The Balaban J connectivity index is 2.15. The first-order valence-corrected chi connectivity index (χ1v) is 9.37. The van der Waals surface area contributed by atoms with Crippen LogP contribution in [0.2, 0.25) is 0 Å². The molecule has 122 valence electrons. The van der Waals surface area contributed by atoms with Crippen molar-refractivity contribution in [3.05, 3.63) is 24.3 Å². The monoisotopic (exact) mass is 323 g/mol. The summed E-state index contributed by atoms with van der Waals surface area (Å²) >= 11 is 0. The van der Waals surface area contributed by atoms with Crippen LogP contribution in [0.25, 0.3) is 0 Å². The molecule has 1 aliphatic rings. The van der Waals surface area contributed by atoms with E-state index in [1.807, 2.05) is 20.8 Å². The molecular formula is C17H25NO3S. The van der Waals surface area contributed by atoms with Crippen LogP contribution in [0.4, 0.5) is 5.69 Å². The minimum atomic E-state index is -3.28. The first kappa shape index (κ1) is 17.0.